The lowest BCUT2D eigenvalue weighted by atomic mass is 9.78. The van der Waals surface area contributed by atoms with Crippen molar-refractivity contribution < 1.29 is 18.0 Å². The number of rotatable bonds is 5. The van der Waals surface area contributed by atoms with Crippen LogP contribution in [0.1, 0.15) is 31.2 Å². The van der Waals surface area contributed by atoms with E-state index in [1.807, 2.05) is 17.0 Å². The minimum Gasteiger partial charge on any atom is -0.342 e. The zero-order valence-electron chi connectivity index (χ0n) is 15.1. The van der Waals surface area contributed by atoms with Crippen LogP contribution in [-0.4, -0.2) is 66.7 Å². The van der Waals surface area contributed by atoms with Crippen LogP contribution in [0.2, 0.25) is 0 Å². The van der Waals surface area contributed by atoms with Crippen LogP contribution in [-0.2, 0) is 26.0 Å². The second-order valence-electron chi connectivity index (χ2n) is 7.42. The average Bonchev–Trinajstić information content (AvgIpc) is 2.89. The van der Waals surface area contributed by atoms with Gasteiger partial charge in [-0.2, -0.15) is 0 Å². The number of aromatic nitrogens is 1. The highest BCUT2D eigenvalue weighted by Crippen LogP contribution is 2.40. The van der Waals surface area contributed by atoms with Crippen molar-refractivity contribution in [3.63, 3.8) is 0 Å². The summed E-state index contributed by atoms with van der Waals surface area (Å²) in [5, 5.41) is 0. The van der Waals surface area contributed by atoms with Gasteiger partial charge in [0.15, 0.2) is 0 Å². The Hall–Kier alpha value is -1.96. The zero-order chi connectivity index (χ0) is 18.8. The molecule has 1 unspecified atom stereocenters. The Balaban J connectivity index is 1.64. The maximum atomic E-state index is 13.0. The van der Waals surface area contributed by atoms with Crippen LogP contribution in [0, 0.1) is 5.41 Å². The van der Waals surface area contributed by atoms with Crippen LogP contribution in [0.25, 0.3) is 0 Å². The minimum atomic E-state index is -3.17. The highest BCUT2D eigenvalue weighted by atomic mass is 32.2. The molecule has 2 aliphatic heterocycles. The van der Waals surface area contributed by atoms with Crippen LogP contribution in [0.4, 0.5) is 0 Å². The summed E-state index contributed by atoms with van der Waals surface area (Å²) in [5.74, 6) is -0.217. The fourth-order valence-corrected chi connectivity index (χ4v) is 4.46. The highest BCUT2D eigenvalue weighted by Gasteiger charge is 2.49. The Labute approximate surface area is 154 Å². The first-order valence-electron chi connectivity index (χ1n) is 8.93. The topological polar surface area (TPSA) is 87.7 Å². The van der Waals surface area contributed by atoms with Gasteiger partial charge in [0, 0.05) is 51.2 Å². The van der Waals surface area contributed by atoms with Gasteiger partial charge in [-0.05, 0) is 30.9 Å². The molecular formula is C18H25N3O4S. The van der Waals surface area contributed by atoms with E-state index in [1.54, 1.807) is 17.3 Å². The maximum absolute atomic E-state index is 13.0. The fraction of sp³-hybridized carbons (Fsp3) is 0.611. The fourth-order valence-electron chi connectivity index (χ4n) is 3.91. The van der Waals surface area contributed by atoms with Crippen molar-refractivity contribution in [2.75, 3.05) is 31.6 Å². The van der Waals surface area contributed by atoms with E-state index in [-0.39, 0.29) is 24.0 Å². The lowest BCUT2D eigenvalue weighted by Gasteiger charge is -2.39. The number of carbonyl (C=O) groups excluding carboxylic acids is 2. The summed E-state index contributed by atoms with van der Waals surface area (Å²) >= 11 is 0. The van der Waals surface area contributed by atoms with Crippen LogP contribution < -0.4 is 0 Å². The minimum absolute atomic E-state index is 0.0114. The van der Waals surface area contributed by atoms with Crippen LogP contribution in [0.5, 0.6) is 0 Å². The van der Waals surface area contributed by atoms with Gasteiger partial charge in [-0.25, -0.2) is 8.42 Å². The predicted octanol–water partition coefficient (Wildman–Crippen LogP) is 0.857. The molecule has 0 aliphatic carbocycles. The standard InChI is InChI=1S/C18H25N3O4S/c1-26(24,25)11-5-16(22)21-9-3-6-18(14-21)7-10-20(17(18)23)13-15-4-2-8-19-12-15/h2,4,8,12H,3,5-7,9-11,13-14H2,1H3. The Bertz CT molecular complexity index is 781. The first-order chi connectivity index (χ1) is 12.3. The van der Waals surface area contributed by atoms with Gasteiger partial charge in [0.1, 0.15) is 9.84 Å². The highest BCUT2D eigenvalue weighted by molar-refractivity contribution is 7.90. The van der Waals surface area contributed by atoms with Gasteiger partial charge < -0.3 is 9.80 Å². The molecule has 0 radical (unpaired) electrons. The molecule has 2 aliphatic rings. The second-order valence-corrected chi connectivity index (χ2v) is 9.68. The summed E-state index contributed by atoms with van der Waals surface area (Å²) in [6.07, 6.45) is 6.89. The molecule has 2 saturated heterocycles. The Morgan fingerprint density at radius 2 is 2.12 bits per heavy atom. The summed E-state index contributed by atoms with van der Waals surface area (Å²) in [5.41, 5.74) is 0.482. The SMILES string of the molecule is CS(=O)(=O)CCC(=O)N1CCCC2(CCN(Cc3cccnc3)C2=O)C1. The number of sulfone groups is 1. The molecular weight excluding hydrogens is 354 g/mol. The summed E-state index contributed by atoms with van der Waals surface area (Å²) in [6, 6.07) is 3.81. The maximum Gasteiger partial charge on any atom is 0.230 e. The Morgan fingerprint density at radius 1 is 1.31 bits per heavy atom. The molecule has 1 aromatic rings. The number of likely N-dealkylation sites (tertiary alicyclic amines) is 2. The molecule has 0 saturated carbocycles. The molecule has 8 heteroatoms. The monoisotopic (exact) mass is 379 g/mol. The van der Waals surface area contributed by atoms with Crippen molar-refractivity contribution in [2.45, 2.75) is 32.2 Å². The third-order valence-corrected chi connectivity index (χ3v) is 6.26. The summed E-state index contributed by atoms with van der Waals surface area (Å²) in [7, 11) is -3.17. The van der Waals surface area contributed by atoms with Crippen LogP contribution in [0.15, 0.2) is 24.5 Å². The third kappa shape index (κ3) is 4.23. The predicted molar refractivity (Wildman–Crippen MR) is 96.8 cm³/mol. The molecule has 3 rings (SSSR count). The van der Waals surface area contributed by atoms with Gasteiger partial charge in [0.25, 0.3) is 0 Å². The van der Waals surface area contributed by atoms with Crippen molar-refractivity contribution in [1.29, 1.82) is 0 Å². The van der Waals surface area contributed by atoms with Gasteiger partial charge in [-0.15, -0.1) is 0 Å². The van der Waals surface area contributed by atoms with Crippen molar-refractivity contribution >= 4 is 21.7 Å². The number of hydrogen-bond acceptors (Lipinski definition) is 5. The van der Waals surface area contributed by atoms with Crippen LogP contribution >= 0.6 is 0 Å². The van der Waals surface area contributed by atoms with Crippen molar-refractivity contribution in [3.8, 4) is 0 Å². The van der Waals surface area contributed by atoms with Crippen LogP contribution in [0.3, 0.4) is 0 Å². The lowest BCUT2D eigenvalue weighted by molar-refractivity contribution is -0.143. The molecule has 7 nitrogen and oxygen atoms in total. The van der Waals surface area contributed by atoms with Gasteiger partial charge in [0.05, 0.1) is 11.2 Å². The van der Waals surface area contributed by atoms with E-state index in [0.717, 1.165) is 31.1 Å². The number of piperidine rings is 1. The lowest BCUT2D eigenvalue weighted by Crippen LogP contribution is -2.50. The van der Waals surface area contributed by atoms with Gasteiger partial charge in [-0.1, -0.05) is 6.07 Å². The largest absolute Gasteiger partial charge is 0.342 e. The average molecular weight is 379 g/mol. The number of pyridine rings is 1. The first-order valence-corrected chi connectivity index (χ1v) is 11.0. The smallest absolute Gasteiger partial charge is 0.230 e. The molecule has 3 heterocycles. The van der Waals surface area contributed by atoms with E-state index in [0.29, 0.717) is 26.2 Å². The van der Waals surface area contributed by atoms with Crippen molar-refractivity contribution in [2.24, 2.45) is 5.41 Å². The van der Waals surface area contributed by atoms with E-state index in [1.165, 1.54) is 0 Å². The number of hydrogen-bond donors (Lipinski definition) is 0. The van der Waals surface area contributed by atoms with Crippen molar-refractivity contribution in [3.05, 3.63) is 30.1 Å². The molecule has 0 N–H and O–H groups in total. The zero-order valence-corrected chi connectivity index (χ0v) is 15.9. The van der Waals surface area contributed by atoms with Gasteiger partial charge in [-0.3, -0.25) is 14.6 Å². The normalized spacial score (nSPS) is 23.7. The molecule has 1 aromatic heterocycles. The summed E-state index contributed by atoms with van der Waals surface area (Å²) in [4.78, 5) is 33.1. The number of nitrogens with zero attached hydrogens (tertiary/aromatic N) is 3. The number of amides is 2. The van der Waals surface area contributed by atoms with E-state index in [2.05, 4.69) is 4.98 Å². The van der Waals surface area contributed by atoms with Gasteiger partial charge in [0.2, 0.25) is 11.8 Å². The van der Waals surface area contributed by atoms with E-state index in [4.69, 9.17) is 0 Å². The number of carbonyl (C=O) groups is 2. The van der Waals surface area contributed by atoms with Crippen molar-refractivity contribution in [1.82, 2.24) is 14.8 Å². The summed E-state index contributed by atoms with van der Waals surface area (Å²) in [6.45, 7) is 2.22. The van der Waals surface area contributed by atoms with E-state index < -0.39 is 15.3 Å². The molecule has 0 bridgehead atoms. The molecule has 26 heavy (non-hydrogen) atoms. The first kappa shape index (κ1) is 18.8. The molecule has 2 amide bonds. The Morgan fingerprint density at radius 3 is 2.81 bits per heavy atom. The molecule has 1 atom stereocenters. The quantitative estimate of drug-likeness (QED) is 0.757. The summed E-state index contributed by atoms with van der Waals surface area (Å²) < 4.78 is 22.6. The van der Waals surface area contributed by atoms with E-state index in [9.17, 15) is 18.0 Å². The molecule has 0 aromatic carbocycles. The van der Waals surface area contributed by atoms with Gasteiger partial charge >= 0.3 is 0 Å². The Kier molecular flexibility index (Phi) is 5.32. The third-order valence-electron chi connectivity index (χ3n) is 5.31. The van der Waals surface area contributed by atoms with E-state index >= 15 is 0 Å². The molecule has 1 spiro atoms. The molecule has 2 fully saturated rings. The second kappa shape index (κ2) is 7.34. The molecule has 142 valence electrons.